The van der Waals surface area contributed by atoms with Crippen LogP contribution in [0.1, 0.15) is 29.8 Å². The minimum absolute atomic E-state index is 0.216. The zero-order valence-corrected chi connectivity index (χ0v) is 20.9. The van der Waals surface area contributed by atoms with E-state index in [2.05, 4.69) is 54.4 Å². The summed E-state index contributed by atoms with van der Waals surface area (Å²) in [5.41, 5.74) is 4.99. The predicted octanol–water partition coefficient (Wildman–Crippen LogP) is 3.48. The van der Waals surface area contributed by atoms with Gasteiger partial charge in [0.1, 0.15) is 5.69 Å². The van der Waals surface area contributed by atoms with Crippen molar-refractivity contribution in [1.82, 2.24) is 20.1 Å². The molecule has 190 valence electrons. The molecule has 2 N–H and O–H groups in total. The average Bonchev–Trinajstić information content (AvgIpc) is 3.48. The molecule has 36 heavy (non-hydrogen) atoms. The van der Waals surface area contributed by atoms with Gasteiger partial charge in [-0.3, -0.25) is 14.8 Å². The summed E-state index contributed by atoms with van der Waals surface area (Å²) in [4.78, 5) is 24.9. The number of carbonyl (C=O) groups is 1. The standard InChI is InChI=1S/C27H35N7O2/c1-32(12-13-33-14-16-36-17-15-33)22-8-9-24(26(18-22)34-10-3-2-4-11-34)31-27(35)25-7-5-6-23(30-25)21-19-28-29-20-21/h5-9,18-20H,2-4,10-17H2,1H3,(H,28,29)(H,31,35). The van der Waals surface area contributed by atoms with Gasteiger partial charge in [-0.2, -0.15) is 5.10 Å². The van der Waals surface area contributed by atoms with E-state index in [1.807, 2.05) is 18.2 Å². The molecule has 3 aromatic rings. The minimum Gasteiger partial charge on any atom is -0.379 e. The van der Waals surface area contributed by atoms with Crippen LogP contribution >= 0.6 is 0 Å². The fourth-order valence-corrected chi connectivity index (χ4v) is 4.80. The zero-order chi connectivity index (χ0) is 24.7. The SMILES string of the molecule is CN(CCN1CCOCC1)c1ccc(NC(=O)c2cccc(-c3cn[nH]c3)n2)c(N2CCCCC2)c1. The van der Waals surface area contributed by atoms with Crippen molar-refractivity contribution >= 4 is 23.0 Å². The molecule has 9 heteroatoms. The van der Waals surface area contributed by atoms with Crippen molar-refractivity contribution in [2.75, 3.05) is 74.6 Å². The zero-order valence-electron chi connectivity index (χ0n) is 20.9. The van der Waals surface area contributed by atoms with Crippen LogP contribution in [-0.4, -0.2) is 85.5 Å². The van der Waals surface area contributed by atoms with Crippen LogP contribution in [0, 0.1) is 0 Å². The number of anilines is 3. The highest BCUT2D eigenvalue weighted by Crippen LogP contribution is 2.33. The van der Waals surface area contributed by atoms with Crippen LogP contribution in [0.25, 0.3) is 11.3 Å². The lowest BCUT2D eigenvalue weighted by Gasteiger charge is -2.32. The van der Waals surface area contributed by atoms with Crippen LogP contribution in [-0.2, 0) is 4.74 Å². The van der Waals surface area contributed by atoms with Gasteiger partial charge in [0.15, 0.2) is 0 Å². The second kappa shape index (κ2) is 11.5. The summed E-state index contributed by atoms with van der Waals surface area (Å²) < 4.78 is 5.47. The van der Waals surface area contributed by atoms with Crippen LogP contribution < -0.4 is 15.1 Å². The number of nitrogens with one attached hydrogen (secondary N) is 2. The van der Waals surface area contributed by atoms with Gasteiger partial charge < -0.3 is 19.9 Å². The maximum absolute atomic E-state index is 13.2. The molecule has 2 saturated heterocycles. The molecule has 1 aromatic carbocycles. The maximum Gasteiger partial charge on any atom is 0.274 e. The van der Waals surface area contributed by atoms with E-state index < -0.39 is 0 Å². The number of nitrogens with zero attached hydrogens (tertiary/aromatic N) is 5. The van der Waals surface area contributed by atoms with Crippen molar-refractivity contribution in [1.29, 1.82) is 0 Å². The lowest BCUT2D eigenvalue weighted by molar-refractivity contribution is 0.0393. The van der Waals surface area contributed by atoms with Crippen LogP contribution in [0.5, 0.6) is 0 Å². The molecule has 0 spiro atoms. The van der Waals surface area contributed by atoms with Gasteiger partial charge in [0.05, 0.1) is 36.5 Å². The molecular formula is C27H35N7O2. The van der Waals surface area contributed by atoms with Gasteiger partial charge in [-0.25, -0.2) is 4.98 Å². The van der Waals surface area contributed by atoms with Gasteiger partial charge in [0, 0.05) is 63.8 Å². The Balaban J connectivity index is 1.34. The summed E-state index contributed by atoms with van der Waals surface area (Å²) in [7, 11) is 2.14. The van der Waals surface area contributed by atoms with Gasteiger partial charge in [-0.15, -0.1) is 0 Å². The molecule has 2 aliphatic heterocycles. The summed E-state index contributed by atoms with van der Waals surface area (Å²) in [6, 6.07) is 11.8. The van der Waals surface area contributed by atoms with Gasteiger partial charge in [-0.05, 0) is 49.6 Å². The van der Waals surface area contributed by atoms with Crippen molar-refractivity contribution in [2.45, 2.75) is 19.3 Å². The normalized spacial score (nSPS) is 16.6. The Morgan fingerprint density at radius 1 is 1.11 bits per heavy atom. The molecule has 0 unspecified atom stereocenters. The van der Waals surface area contributed by atoms with Crippen LogP contribution in [0.3, 0.4) is 0 Å². The number of hydrogen-bond acceptors (Lipinski definition) is 7. The molecule has 4 heterocycles. The number of benzene rings is 1. The third-order valence-corrected chi connectivity index (χ3v) is 7.00. The Hall–Kier alpha value is -3.43. The van der Waals surface area contributed by atoms with Crippen LogP contribution in [0.2, 0.25) is 0 Å². The van der Waals surface area contributed by atoms with E-state index >= 15 is 0 Å². The second-order valence-corrected chi connectivity index (χ2v) is 9.47. The first-order chi connectivity index (χ1) is 17.7. The number of morpholine rings is 1. The van der Waals surface area contributed by atoms with E-state index in [9.17, 15) is 4.79 Å². The molecule has 2 aromatic heterocycles. The molecular weight excluding hydrogens is 454 g/mol. The van der Waals surface area contributed by atoms with Gasteiger partial charge in [0.25, 0.3) is 5.91 Å². The Labute approximate surface area is 212 Å². The van der Waals surface area contributed by atoms with E-state index in [0.717, 1.165) is 75.1 Å². The number of H-pyrrole nitrogens is 1. The van der Waals surface area contributed by atoms with Crippen molar-refractivity contribution < 1.29 is 9.53 Å². The third kappa shape index (κ3) is 5.85. The Bertz CT molecular complexity index is 1140. The number of likely N-dealkylation sites (N-methyl/N-ethyl adjacent to an activating group) is 1. The van der Waals surface area contributed by atoms with Crippen molar-refractivity contribution in [3.05, 3.63) is 54.5 Å². The summed E-state index contributed by atoms with van der Waals surface area (Å²) >= 11 is 0. The average molecular weight is 490 g/mol. The smallest absolute Gasteiger partial charge is 0.274 e. The Kier molecular flexibility index (Phi) is 7.78. The molecule has 0 aliphatic carbocycles. The lowest BCUT2D eigenvalue weighted by atomic mass is 10.1. The number of aromatic amines is 1. The summed E-state index contributed by atoms with van der Waals surface area (Å²) in [5.74, 6) is -0.216. The largest absolute Gasteiger partial charge is 0.379 e. The molecule has 2 fully saturated rings. The quantitative estimate of drug-likeness (QED) is 0.501. The molecule has 1 amide bonds. The number of piperidine rings is 1. The number of pyridine rings is 1. The summed E-state index contributed by atoms with van der Waals surface area (Å²) in [6.07, 6.45) is 7.05. The van der Waals surface area contributed by atoms with Gasteiger partial charge in [0.2, 0.25) is 0 Å². The topological polar surface area (TPSA) is 89.6 Å². The number of ether oxygens (including phenoxy) is 1. The first-order valence-electron chi connectivity index (χ1n) is 12.9. The minimum atomic E-state index is -0.216. The van der Waals surface area contributed by atoms with Crippen LogP contribution in [0.4, 0.5) is 17.1 Å². The van der Waals surface area contributed by atoms with E-state index in [1.165, 1.54) is 19.3 Å². The first-order valence-corrected chi connectivity index (χ1v) is 12.9. The molecule has 9 nitrogen and oxygen atoms in total. The van der Waals surface area contributed by atoms with Crippen molar-refractivity contribution in [3.63, 3.8) is 0 Å². The summed E-state index contributed by atoms with van der Waals surface area (Å²) in [6.45, 7) is 7.57. The number of carbonyl (C=O) groups excluding carboxylic acids is 1. The van der Waals surface area contributed by atoms with Gasteiger partial charge in [-0.1, -0.05) is 6.07 Å². The predicted molar refractivity (Wildman–Crippen MR) is 143 cm³/mol. The maximum atomic E-state index is 13.2. The molecule has 0 bridgehead atoms. The highest BCUT2D eigenvalue weighted by atomic mass is 16.5. The van der Waals surface area contributed by atoms with E-state index in [4.69, 9.17) is 4.74 Å². The third-order valence-electron chi connectivity index (χ3n) is 7.00. The summed E-state index contributed by atoms with van der Waals surface area (Å²) in [5, 5.41) is 9.92. The number of aromatic nitrogens is 3. The monoisotopic (exact) mass is 489 g/mol. The van der Waals surface area contributed by atoms with Gasteiger partial charge >= 0.3 is 0 Å². The van der Waals surface area contributed by atoms with E-state index in [1.54, 1.807) is 18.5 Å². The first kappa shape index (κ1) is 24.3. The number of hydrogen-bond donors (Lipinski definition) is 2. The highest BCUT2D eigenvalue weighted by Gasteiger charge is 2.19. The van der Waals surface area contributed by atoms with Crippen LogP contribution in [0.15, 0.2) is 48.8 Å². The molecule has 2 aliphatic rings. The Morgan fingerprint density at radius 2 is 1.94 bits per heavy atom. The molecule has 0 atom stereocenters. The fraction of sp³-hybridized carbons (Fsp3) is 0.444. The van der Waals surface area contributed by atoms with Crippen molar-refractivity contribution in [3.8, 4) is 11.3 Å². The molecule has 5 rings (SSSR count). The number of rotatable bonds is 8. The molecule has 0 saturated carbocycles. The van der Waals surface area contributed by atoms with E-state index in [0.29, 0.717) is 11.4 Å². The second-order valence-electron chi connectivity index (χ2n) is 9.47. The Morgan fingerprint density at radius 3 is 2.72 bits per heavy atom. The fourth-order valence-electron chi connectivity index (χ4n) is 4.80. The highest BCUT2D eigenvalue weighted by molar-refractivity contribution is 6.05. The van der Waals surface area contributed by atoms with Crippen molar-refractivity contribution in [2.24, 2.45) is 0 Å². The molecule has 0 radical (unpaired) electrons. The lowest BCUT2D eigenvalue weighted by Crippen LogP contribution is -2.40. The van der Waals surface area contributed by atoms with E-state index in [-0.39, 0.29) is 5.91 Å². The number of amides is 1.